The highest BCUT2D eigenvalue weighted by Crippen LogP contribution is 2.29. The molecule has 1 aromatic rings. The van der Waals surface area contributed by atoms with Crippen LogP contribution >= 0.6 is 11.3 Å². The molecule has 2 fully saturated rings. The molecule has 0 spiro atoms. The van der Waals surface area contributed by atoms with Crippen LogP contribution in [0.5, 0.6) is 0 Å². The fraction of sp³-hybridized carbons (Fsp3) is 0.750. The van der Waals surface area contributed by atoms with Gasteiger partial charge in [0.05, 0.1) is 5.51 Å². The lowest BCUT2D eigenvalue weighted by Crippen LogP contribution is -2.40. The van der Waals surface area contributed by atoms with Crippen LogP contribution in [0.2, 0.25) is 0 Å². The van der Waals surface area contributed by atoms with E-state index in [0.29, 0.717) is 24.3 Å². The van der Waals surface area contributed by atoms with Crippen LogP contribution in [0.3, 0.4) is 0 Å². The van der Waals surface area contributed by atoms with Gasteiger partial charge in [-0.1, -0.05) is 6.92 Å². The number of hydrogen-bond acceptors (Lipinski definition) is 4. The molecule has 1 saturated carbocycles. The molecule has 3 rings (SSSR count). The smallest absolute Gasteiger partial charge is 0.223 e. The van der Waals surface area contributed by atoms with Gasteiger partial charge in [-0.3, -0.25) is 14.7 Å². The molecule has 0 radical (unpaired) electrons. The molecule has 0 N–H and O–H groups in total. The Morgan fingerprint density at radius 1 is 1.48 bits per heavy atom. The Hall–Kier alpha value is -0.940. The van der Waals surface area contributed by atoms with Gasteiger partial charge in [0.2, 0.25) is 5.91 Å². The van der Waals surface area contributed by atoms with Crippen LogP contribution in [-0.4, -0.2) is 46.4 Å². The fourth-order valence-corrected chi connectivity index (χ4v) is 3.78. The molecule has 5 heteroatoms. The number of amides is 1. The first-order valence-electron chi connectivity index (χ1n) is 8.11. The molecule has 1 aromatic heterocycles. The Kier molecular flexibility index (Phi) is 4.91. The number of carbonyl (C=O) groups is 1. The maximum atomic E-state index is 12.4. The normalized spacial score (nSPS) is 22.8. The fourth-order valence-electron chi connectivity index (χ4n) is 3.16. The predicted molar refractivity (Wildman–Crippen MR) is 85.1 cm³/mol. The van der Waals surface area contributed by atoms with Crippen molar-refractivity contribution in [3.05, 3.63) is 16.6 Å². The number of thiazole rings is 1. The van der Waals surface area contributed by atoms with E-state index in [4.69, 9.17) is 0 Å². The number of carbonyl (C=O) groups excluding carboxylic acids is 1. The molecule has 4 nitrogen and oxygen atoms in total. The first-order valence-corrected chi connectivity index (χ1v) is 8.99. The largest absolute Gasteiger partial charge is 0.342 e. The molecule has 2 aliphatic rings. The van der Waals surface area contributed by atoms with Crippen molar-refractivity contribution in [1.29, 1.82) is 0 Å². The summed E-state index contributed by atoms with van der Waals surface area (Å²) in [5.41, 5.74) is 1.89. The van der Waals surface area contributed by atoms with Crippen molar-refractivity contribution in [2.75, 3.05) is 19.6 Å². The van der Waals surface area contributed by atoms with Crippen LogP contribution in [0, 0.1) is 5.92 Å². The van der Waals surface area contributed by atoms with E-state index >= 15 is 0 Å². The van der Waals surface area contributed by atoms with E-state index in [1.165, 1.54) is 30.6 Å². The molecular weight excluding hydrogens is 282 g/mol. The van der Waals surface area contributed by atoms with Crippen molar-refractivity contribution in [3.8, 4) is 0 Å². The topological polar surface area (TPSA) is 36.4 Å². The zero-order valence-electron chi connectivity index (χ0n) is 12.8. The number of aromatic nitrogens is 1. The Morgan fingerprint density at radius 3 is 3.00 bits per heavy atom. The minimum atomic E-state index is 0.344. The molecule has 1 atom stereocenters. The van der Waals surface area contributed by atoms with Crippen molar-refractivity contribution in [2.45, 2.75) is 51.6 Å². The zero-order chi connectivity index (χ0) is 14.7. The number of likely N-dealkylation sites (tertiary alicyclic amines) is 1. The third kappa shape index (κ3) is 4.27. The summed E-state index contributed by atoms with van der Waals surface area (Å²) in [7, 11) is 0. The summed E-state index contributed by atoms with van der Waals surface area (Å²) in [4.78, 5) is 22.4. The monoisotopic (exact) mass is 307 g/mol. The summed E-state index contributed by atoms with van der Waals surface area (Å²) in [6, 6.07) is 0.695. The minimum Gasteiger partial charge on any atom is -0.342 e. The van der Waals surface area contributed by atoms with Crippen molar-refractivity contribution < 1.29 is 4.79 Å². The summed E-state index contributed by atoms with van der Waals surface area (Å²) in [5, 5.41) is 0. The molecular formula is C16H25N3OS. The van der Waals surface area contributed by atoms with Crippen LogP contribution in [0.15, 0.2) is 11.7 Å². The maximum absolute atomic E-state index is 12.4. The van der Waals surface area contributed by atoms with Gasteiger partial charge < -0.3 is 4.90 Å². The third-order valence-corrected chi connectivity index (χ3v) is 5.29. The molecule has 1 saturated heterocycles. The highest BCUT2D eigenvalue weighted by molar-refractivity contribution is 7.09. The van der Waals surface area contributed by atoms with Gasteiger partial charge in [0.25, 0.3) is 0 Å². The van der Waals surface area contributed by atoms with Crippen molar-refractivity contribution in [3.63, 3.8) is 0 Å². The van der Waals surface area contributed by atoms with Crippen LogP contribution < -0.4 is 0 Å². The lowest BCUT2D eigenvalue weighted by molar-refractivity contribution is -0.133. The van der Waals surface area contributed by atoms with Gasteiger partial charge in [0, 0.05) is 49.7 Å². The summed E-state index contributed by atoms with van der Waals surface area (Å²) in [6.07, 6.45) is 7.63. The Balaban J connectivity index is 1.48. The van der Waals surface area contributed by atoms with Gasteiger partial charge in [-0.2, -0.15) is 0 Å². The first kappa shape index (κ1) is 15.0. The van der Waals surface area contributed by atoms with E-state index < -0.39 is 0 Å². The lowest BCUT2D eigenvalue weighted by Gasteiger charge is -2.31. The second kappa shape index (κ2) is 6.88. The lowest BCUT2D eigenvalue weighted by atomic mass is 10.00. The highest BCUT2D eigenvalue weighted by atomic mass is 32.1. The molecule has 1 aliphatic carbocycles. The van der Waals surface area contributed by atoms with Gasteiger partial charge in [0.15, 0.2) is 0 Å². The summed E-state index contributed by atoms with van der Waals surface area (Å²) < 4.78 is 0. The van der Waals surface area contributed by atoms with Crippen LogP contribution in [0.4, 0.5) is 0 Å². The Bertz CT molecular complexity index is 458. The van der Waals surface area contributed by atoms with E-state index in [1.54, 1.807) is 11.3 Å². The molecule has 21 heavy (non-hydrogen) atoms. The van der Waals surface area contributed by atoms with E-state index in [9.17, 15) is 4.79 Å². The molecule has 1 unspecified atom stereocenters. The van der Waals surface area contributed by atoms with E-state index in [0.717, 1.165) is 26.2 Å². The summed E-state index contributed by atoms with van der Waals surface area (Å²) >= 11 is 1.71. The van der Waals surface area contributed by atoms with E-state index in [1.807, 2.05) is 11.7 Å². The second-order valence-electron chi connectivity index (χ2n) is 6.51. The maximum Gasteiger partial charge on any atom is 0.223 e. The number of nitrogens with zero attached hydrogens (tertiary/aromatic N) is 3. The molecule has 2 heterocycles. The predicted octanol–water partition coefficient (Wildman–Crippen LogP) is 2.76. The molecule has 116 valence electrons. The van der Waals surface area contributed by atoms with Gasteiger partial charge in [-0.05, 0) is 31.6 Å². The third-order valence-electron chi connectivity index (χ3n) is 4.53. The number of hydrogen-bond donors (Lipinski definition) is 0. The highest BCUT2D eigenvalue weighted by Gasteiger charge is 2.30. The molecule has 1 aliphatic heterocycles. The average molecular weight is 307 g/mol. The average Bonchev–Trinajstić information content (AvgIpc) is 3.20. The van der Waals surface area contributed by atoms with Gasteiger partial charge in [-0.15, -0.1) is 11.3 Å². The Labute approximate surface area is 131 Å². The van der Waals surface area contributed by atoms with Crippen LogP contribution in [0.25, 0.3) is 0 Å². The van der Waals surface area contributed by atoms with Crippen molar-refractivity contribution in [1.82, 2.24) is 14.8 Å². The Morgan fingerprint density at radius 2 is 2.33 bits per heavy atom. The SMILES string of the molecule is CC1CCCN(C(=O)CCN(Cc2cncs2)C2CC2)C1. The number of rotatable bonds is 6. The quantitative estimate of drug-likeness (QED) is 0.811. The van der Waals surface area contributed by atoms with Crippen LogP contribution in [-0.2, 0) is 11.3 Å². The molecule has 1 amide bonds. The molecule has 0 bridgehead atoms. The van der Waals surface area contributed by atoms with Crippen molar-refractivity contribution >= 4 is 17.2 Å². The van der Waals surface area contributed by atoms with Gasteiger partial charge in [0.1, 0.15) is 0 Å². The van der Waals surface area contributed by atoms with Crippen LogP contribution in [0.1, 0.15) is 43.9 Å². The summed E-state index contributed by atoms with van der Waals surface area (Å²) in [5.74, 6) is 1.01. The first-order chi connectivity index (χ1) is 10.2. The van der Waals surface area contributed by atoms with E-state index in [-0.39, 0.29) is 0 Å². The summed E-state index contributed by atoms with van der Waals surface area (Å²) in [6.45, 7) is 6.02. The number of piperidine rings is 1. The molecule has 0 aromatic carbocycles. The standard InChI is InChI=1S/C16H25N3OS/c1-13-3-2-7-19(10-13)16(20)6-8-18(14-4-5-14)11-15-9-17-12-21-15/h9,12-14H,2-8,10-11H2,1H3. The second-order valence-corrected chi connectivity index (χ2v) is 7.48. The van der Waals surface area contributed by atoms with Gasteiger partial charge in [-0.25, -0.2) is 0 Å². The zero-order valence-corrected chi connectivity index (χ0v) is 13.6. The minimum absolute atomic E-state index is 0.344. The van der Waals surface area contributed by atoms with E-state index in [2.05, 4.69) is 21.7 Å². The van der Waals surface area contributed by atoms with Gasteiger partial charge >= 0.3 is 0 Å². The van der Waals surface area contributed by atoms with Crippen molar-refractivity contribution in [2.24, 2.45) is 5.92 Å².